The van der Waals surface area contributed by atoms with Crippen LogP contribution in [0.1, 0.15) is 12.5 Å². The Balaban J connectivity index is 3.11. The van der Waals surface area contributed by atoms with Crippen molar-refractivity contribution >= 4 is 33.3 Å². The largest absolute Gasteiger partial charge is 0.298 e. The molecule has 1 atom stereocenters. The van der Waals surface area contributed by atoms with Crippen LogP contribution < -0.4 is 0 Å². The summed E-state index contributed by atoms with van der Waals surface area (Å²) in [5.41, 5.74) is 0.900. The predicted octanol–water partition coefficient (Wildman–Crippen LogP) is 3.10. The first-order valence-corrected chi connectivity index (χ1v) is 5.25. The quantitative estimate of drug-likeness (QED) is 0.764. The summed E-state index contributed by atoms with van der Waals surface area (Å²) >= 11 is 9.15. The van der Waals surface area contributed by atoms with Gasteiger partial charge in [0.15, 0.2) is 5.78 Å². The molecule has 0 fully saturated rings. The van der Waals surface area contributed by atoms with Crippen LogP contribution in [0, 0.1) is 0 Å². The summed E-state index contributed by atoms with van der Waals surface area (Å²) < 4.78 is -0.726. The summed E-state index contributed by atoms with van der Waals surface area (Å²) in [5.74, 6) is 0.264. The molecule has 0 unspecified atom stereocenters. The van der Waals surface area contributed by atoms with Crippen LogP contribution in [0.25, 0.3) is 0 Å². The van der Waals surface area contributed by atoms with E-state index in [0.29, 0.717) is 0 Å². The molecule has 3 heteroatoms. The zero-order chi connectivity index (χ0) is 9.90. The minimum atomic E-state index is -0.726. The Morgan fingerprint density at radius 1 is 1.46 bits per heavy atom. The van der Waals surface area contributed by atoms with Crippen LogP contribution in [0.15, 0.2) is 30.3 Å². The molecule has 0 saturated carbocycles. The van der Waals surface area contributed by atoms with Gasteiger partial charge in [0.05, 0.1) is 0 Å². The summed E-state index contributed by atoms with van der Waals surface area (Å²) in [6.07, 6.45) is 0. The minimum Gasteiger partial charge on any atom is -0.298 e. The first-order chi connectivity index (χ1) is 6.11. The minimum absolute atomic E-state index is 0.0219. The van der Waals surface area contributed by atoms with Crippen molar-refractivity contribution in [2.75, 3.05) is 5.88 Å². The van der Waals surface area contributed by atoms with Gasteiger partial charge >= 0.3 is 0 Å². The van der Waals surface area contributed by atoms with Crippen molar-refractivity contribution in [1.82, 2.24) is 0 Å². The third-order valence-electron chi connectivity index (χ3n) is 1.97. The number of halogens is 2. The molecule has 0 amide bonds. The molecule has 1 aromatic carbocycles. The number of benzene rings is 1. The molecule has 0 N–H and O–H groups in total. The number of Topliss-reactive ketones (excluding diaryl/α,β-unsaturated/α-hetero) is 1. The summed E-state index contributed by atoms with van der Waals surface area (Å²) in [7, 11) is 0. The standard InChI is InChI=1S/C10H10BrClO/c1-8(13)10(11,7-12)9-5-3-2-4-6-9/h2-6H,7H2,1H3/t10-/m1/s1. The number of hydrogen-bond donors (Lipinski definition) is 0. The van der Waals surface area contributed by atoms with E-state index in [1.807, 2.05) is 30.3 Å². The zero-order valence-corrected chi connectivity index (χ0v) is 9.60. The van der Waals surface area contributed by atoms with Crippen molar-refractivity contribution < 1.29 is 4.79 Å². The van der Waals surface area contributed by atoms with Gasteiger partial charge in [-0.05, 0) is 12.5 Å². The average Bonchev–Trinajstić information content (AvgIpc) is 2.17. The SMILES string of the molecule is CC(=O)[C@](Br)(CCl)c1ccccc1. The Labute approximate surface area is 91.2 Å². The summed E-state index contributed by atoms with van der Waals surface area (Å²) in [5, 5.41) is 0. The zero-order valence-electron chi connectivity index (χ0n) is 7.26. The van der Waals surface area contributed by atoms with Gasteiger partial charge in [0.2, 0.25) is 0 Å². The average molecular weight is 262 g/mol. The number of alkyl halides is 2. The maximum absolute atomic E-state index is 11.4. The maximum Gasteiger partial charge on any atom is 0.152 e. The van der Waals surface area contributed by atoms with E-state index in [-0.39, 0.29) is 11.7 Å². The second-order valence-corrected chi connectivity index (χ2v) is 4.48. The summed E-state index contributed by atoms with van der Waals surface area (Å²) in [6, 6.07) is 9.46. The van der Waals surface area contributed by atoms with Gasteiger partial charge in [0, 0.05) is 5.88 Å². The molecule has 1 rings (SSSR count). The van der Waals surface area contributed by atoms with Crippen molar-refractivity contribution in [3.8, 4) is 0 Å². The van der Waals surface area contributed by atoms with Crippen molar-refractivity contribution in [1.29, 1.82) is 0 Å². The Kier molecular flexibility index (Phi) is 3.51. The van der Waals surface area contributed by atoms with Crippen LogP contribution in [0.4, 0.5) is 0 Å². The Bertz CT molecular complexity index is 299. The molecule has 0 aromatic heterocycles. The van der Waals surface area contributed by atoms with E-state index in [9.17, 15) is 4.79 Å². The number of hydrogen-bond acceptors (Lipinski definition) is 1. The number of carbonyl (C=O) groups is 1. The third kappa shape index (κ3) is 2.12. The lowest BCUT2D eigenvalue weighted by Crippen LogP contribution is -2.28. The van der Waals surface area contributed by atoms with Gasteiger partial charge in [-0.25, -0.2) is 0 Å². The Morgan fingerprint density at radius 3 is 2.38 bits per heavy atom. The number of carbonyl (C=O) groups excluding carboxylic acids is 1. The molecule has 0 spiro atoms. The van der Waals surface area contributed by atoms with E-state index >= 15 is 0 Å². The van der Waals surface area contributed by atoms with E-state index in [1.165, 1.54) is 6.92 Å². The van der Waals surface area contributed by atoms with Crippen LogP contribution >= 0.6 is 27.5 Å². The van der Waals surface area contributed by atoms with E-state index in [1.54, 1.807) is 0 Å². The highest BCUT2D eigenvalue weighted by atomic mass is 79.9. The lowest BCUT2D eigenvalue weighted by Gasteiger charge is -2.21. The molecule has 13 heavy (non-hydrogen) atoms. The topological polar surface area (TPSA) is 17.1 Å². The Hall–Kier alpha value is -0.340. The first kappa shape index (κ1) is 10.7. The molecule has 1 nitrogen and oxygen atoms in total. The van der Waals surface area contributed by atoms with Crippen LogP contribution in [0.2, 0.25) is 0 Å². The molecule has 0 saturated heterocycles. The molecule has 1 aromatic rings. The molecule has 70 valence electrons. The maximum atomic E-state index is 11.4. The van der Waals surface area contributed by atoms with E-state index in [2.05, 4.69) is 15.9 Å². The van der Waals surface area contributed by atoms with Crippen molar-refractivity contribution in [3.05, 3.63) is 35.9 Å². The Morgan fingerprint density at radius 2 is 2.00 bits per heavy atom. The summed E-state index contributed by atoms with van der Waals surface area (Å²) in [4.78, 5) is 11.4. The molecule has 0 radical (unpaired) electrons. The normalized spacial score (nSPS) is 15.0. The second kappa shape index (κ2) is 4.25. The monoisotopic (exact) mass is 260 g/mol. The van der Waals surface area contributed by atoms with Gasteiger partial charge in [-0.2, -0.15) is 0 Å². The second-order valence-electron chi connectivity index (χ2n) is 2.86. The van der Waals surface area contributed by atoms with Crippen molar-refractivity contribution in [3.63, 3.8) is 0 Å². The van der Waals surface area contributed by atoms with Crippen LogP contribution in [0.5, 0.6) is 0 Å². The summed E-state index contributed by atoms with van der Waals surface area (Å²) in [6.45, 7) is 1.53. The number of rotatable bonds is 3. The highest BCUT2D eigenvalue weighted by Crippen LogP contribution is 2.33. The smallest absolute Gasteiger partial charge is 0.152 e. The predicted molar refractivity (Wildman–Crippen MR) is 58.4 cm³/mol. The van der Waals surface area contributed by atoms with Gasteiger partial charge in [-0.15, -0.1) is 11.6 Å². The lowest BCUT2D eigenvalue weighted by atomic mass is 9.97. The number of ketones is 1. The van der Waals surface area contributed by atoms with Crippen LogP contribution in [-0.2, 0) is 9.12 Å². The van der Waals surface area contributed by atoms with Gasteiger partial charge in [0.25, 0.3) is 0 Å². The van der Waals surface area contributed by atoms with Crippen molar-refractivity contribution in [2.24, 2.45) is 0 Å². The highest BCUT2D eigenvalue weighted by Gasteiger charge is 2.32. The fourth-order valence-electron chi connectivity index (χ4n) is 1.08. The molecular weight excluding hydrogens is 251 g/mol. The van der Waals surface area contributed by atoms with Gasteiger partial charge in [-0.1, -0.05) is 46.3 Å². The van der Waals surface area contributed by atoms with Crippen LogP contribution in [0.3, 0.4) is 0 Å². The highest BCUT2D eigenvalue weighted by molar-refractivity contribution is 9.10. The molecule has 0 heterocycles. The molecule has 0 aliphatic heterocycles. The van der Waals surface area contributed by atoms with Gasteiger partial charge < -0.3 is 0 Å². The van der Waals surface area contributed by atoms with Gasteiger partial charge in [0.1, 0.15) is 4.32 Å². The fourth-order valence-corrected chi connectivity index (χ4v) is 1.68. The fraction of sp³-hybridized carbons (Fsp3) is 0.300. The third-order valence-corrected chi connectivity index (χ3v) is 3.99. The van der Waals surface area contributed by atoms with Crippen molar-refractivity contribution in [2.45, 2.75) is 11.2 Å². The molecule has 0 aliphatic carbocycles. The van der Waals surface area contributed by atoms with Crippen LogP contribution in [-0.4, -0.2) is 11.7 Å². The van der Waals surface area contributed by atoms with E-state index < -0.39 is 4.32 Å². The molecule has 0 aliphatic rings. The van der Waals surface area contributed by atoms with Gasteiger partial charge in [-0.3, -0.25) is 4.79 Å². The molecular formula is C10H10BrClO. The first-order valence-electron chi connectivity index (χ1n) is 3.92. The van der Waals surface area contributed by atoms with E-state index in [0.717, 1.165) is 5.56 Å². The molecule has 0 bridgehead atoms. The lowest BCUT2D eigenvalue weighted by molar-refractivity contribution is -0.118. The van der Waals surface area contributed by atoms with E-state index in [4.69, 9.17) is 11.6 Å².